The molecule has 2 aliphatic carbocycles. The molecule has 2 aromatic rings. The van der Waals surface area contributed by atoms with Crippen LogP contribution in [0.2, 0.25) is 0 Å². The van der Waals surface area contributed by atoms with E-state index in [-0.39, 0.29) is 0 Å². The molecule has 0 radical (unpaired) electrons. The quantitative estimate of drug-likeness (QED) is 0.833. The monoisotopic (exact) mass is 248 g/mol. The molecule has 4 rings (SSSR count). The zero-order valence-corrected chi connectivity index (χ0v) is 10.7. The normalized spacial score (nSPS) is 21.1. The maximum absolute atomic E-state index is 10.1. The van der Waals surface area contributed by atoms with Gasteiger partial charge >= 0.3 is 0 Å². The summed E-state index contributed by atoms with van der Waals surface area (Å²) in [6.07, 6.45) is 4.88. The van der Waals surface area contributed by atoms with Crippen molar-refractivity contribution in [2.75, 3.05) is 0 Å². The van der Waals surface area contributed by atoms with Gasteiger partial charge in [-0.25, -0.2) is 0 Å². The van der Waals surface area contributed by atoms with Gasteiger partial charge in [-0.2, -0.15) is 0 Å². The lowest BCUT2D eigenvalue weighted by Gasteiger charge is -2.17. The second-order valence-corrected chi connectivity index (χ2v) is 5.56. The number of allylic oxidation sites excluding steroid dienone is 1. The Morgan fingerprint density at radius 2 is 1.63 bits per heavy atom. The van der Waals surface area contributed by atoms with Crippen molar-refractivity contribution in [3.8, 4) is 5.75 Å². The fraction of sp³-hybridized carbons (Fsp3) is 0.222. The van der Waals surface area contributed by atoms with Crippen molar-refractivity contribution in [3.05, 3.63) is 65.2 Å². The first-order valence-corrected chi connectivity index (χ1v) is 6.93. The van der Waals surface area contributed by atoms with Crippen molar-refractivity contribution in [2.45, 2.75) is 18.8 Å². The van der Waals surface area contributed by atoms with Gasteiger partial charge in [-0.3, -0.25) is 0 Å². The van der Waals surface area contributed by atoms with E-state index in [1.807, 2.05) is 18.2 Å². The molecule has 0 saturated heterocycles. The van der Waals surface area contributed by atoms with E-state index in [2.05, 4.69) is 30.3 Å². The van der Waals surface area contributed by atoms with Crippen LogP contribution in [0.4, 0.5) is 0 Å². The van der Waals surface area contributed by atoms with Gasteiger partial charge in [-0.1, -0.05) is 48.5 Å². The third kappa shape index (κ3) is 1.69. The number of phenolic OH excluding ortho intramolecular Hbond substituents is 1. The maximum Gasteiger partial charge on any atom is 0.123 e. The van der Waals surface area contributed by atoms with Gasteiger partial charge in [0.2, 0.25) is 0 Å². The van der Waals surface area contributed by atoms with Gasteiger partial charge in [0.1, 0.15) is 5.75 Å². The molecule has 94 valence electrons. The molecule has 1 saturated carbocycles. The van der Waals surface area contributed by atoms with Crippen LogP contribution < -0.4 is 0 Å². The Balaban J connectivity index is 1.87. The zero-order valence-electron chi connectivity index (χ0n) is 10.7. The minimum absolute atomic E-state index is 0.396. The molecular formula is C18H16O. The summed E-state index contributed by atoms with van der Waals surface area (Å²) < 4.78 is 0. The number of aromatic hydroxyl groups is 1. The lowest BCUT2D eigenvalue weighted by atomic mass is 9.87. The van der Waals surface area contributed by atoms with Gasteiger partial charge in [0, 0.05) is 11.5 Å². The molecule has 1 N–H and O–H groups in total. The van der Waals surface area contributed by atoms with Crippen molar-refractivity contribution >= 4 is 11.6 Å². The number of para-hydroxylation sites is 1. The average molecular weight is 248 g/mol. The zero-order chi connectivity index (χ0) is 12.8. The molecule has 19 heavy (non-hydrogen) atoms. The van der Waals surface area contributed by atoms with Gasteiger partial charge in [0.15, 0.2) is 0 Å². The van der Waals surface area contributed by atoms with E-state index >= 15 is 0 Å². The number of phenols is 1. The highest BCUT2D eigenvalue weighted by atomic mass is 16.3. The predicted molar refractivity (Wildman–Crippen MR) is 77.9 cm³/mol. The highest BCUT2D eigenvalue weighted by molar-refractivity contribution is 5.93. The molecule has 1 fully saturated rings. The van der Waals surface area contributed by atoms with E-state index in [0.29, 0.717) is 11.7 Å². The van der Waals surface area contributed by atoms with Crippen LogP contribution in [0.5, 0.6) is 5.75 Å². The molecule has 2 aromatic carbocycles. The highest BCUT2D eigenvalue weighted by Gasteiger charge is 2.39. The van der Waals surface area contributed by atoms with Crippen molar-refractivity contribution in [1.29, 1.82) is 0 Å². The molecule has 0 aliphatic heterocycles. The Morgan fingerprint density at radius 3 is 2.42 bits per heavy atom. The molecule has 0 amide bonds. The average Bonchev–Trinajstić information content (AvgIpc) is 3.19. The predicted octanol–water partition coefficient (Wildman–Crippen LogP) is 4.44. The van der Waals surface area contributed by atoms with Crippen LogP contribution >= 0.6 is 0 Å². The molecule has 1 atom stereocenters. The topological polar surface area (TPSA) is 20.2 Å². The van der Waals surface area contributed by atoms with Crippen molar-refractivity contribution in [2.24, 2.45) is 5.92 Å². The molecule has 1 unspecified atom stereocenters. The summed E-state index contributed by atoms with van der Waals surface area (Å²) in [5.74, 6) is 1.63. The van der Waals surface area contributed by atoms with Crippen LogP contribution in [0.15, 0.2) is 48.5 Å². The van der Waals surface area contributed by atoms with E-state index in [1.54, 1.807) is 6.07 Å². The third-order valence-corrected chi connectivity index (χ3v) is 4.29. The Hall–Kier alpha value is -2.02. The number of hydrogen-bond acceptors (Lipinski definition) is 1. The van der Waals surface area contributed by atoms with Crippen LogP contribution in [-0.4, -0.2) is 5.11 Å². The van der Waals surface area contributed by atoms with E-state index < -0.39 is 0 Å². The number of rotatable bonds is 2. The minimum Gasteiger partial charge on any atom is -0.507 e. The molecule has 0 aromatic heterocycles. The Morgan fingerprint density at radius 1 is 0.895 bits per heavy atom. The summed E-state index contributed by atoms with van der Waals surface area (Å²) in [6.45, 7) is 0. The van der Waals surface area contributed by atoms with E-state index in [4.69, 9.17) is 0 Å². The van der Waals surface area contributed by atoms with E-state index in [0.717, 1.165) is 11.5 Å². The maximum atomic E-state index is 10.1. The molecule has 2 aliphatic rings. The number of hydrogen-bond donors (Lipinski definition) is 1. The lowest BCUT2D eigenvalue weighted by Crippen LogP contribution is -2.01. The summed E-state index contributed by atoms with van der Waals surface area (Å²) in [5.41, 5.74) is 5.04. The summed E-state index contributed by atoms with van der Waals surface area (Å²) in [7, 11) is 0. The van der Waals surface area contributed by atoms with Gasteiger partial charge in [-0.15, -0.1) is 0 Å². The largest absolute Gasteiger partial charge is 0.507 e. The molecule has 0 spiro atoms. The number of benzene rings is 2. The van der Waals surface area contributed by atoms with Gasteiger partial charge in [-0.05, 0) is 41.5 Å². The minimum atomic E-state index is 0.396. The van der Waals surface area contributed by atoms with Gasteiger partial charge in [0.25, 0.3) is 0 Å². The fourth-order valence-corrected chi connectivity index (χ4v) is 3.25. The first kappa shape index (κ1) is 10.9. The first-order valence-electron chi connectivity index (χ1n) is 6.93. The highest BCUT2D eigenvalue weighted by Crippen LogP contribution is 2.55. The molecule has 0 heterocycles. The Bertz CT molecular complexity index is 665. The SMILES string of the molecule is Oc1ccccc1C1=Cc2ccccc2C1C1CC1. The summed E-state index contributed by atoms with van der Waals surface area (Å²) in [4.78, 5) is 0. The third-order valence-electron chi connectivity index (χ3n) is 4.29. The van der Waals surface area contributed by atoms with Crippen LogP contribution in [0.3, 0.4) is 0 Å². The summed E-state index contributed by atoms with van der Waals surface area (Å²) in [5, 5.41) is 10.1. The molecule has 1 heteroatoms. The Labute approximate surface area is 113 Å². The smallest absolute Gasteiger partial charge is 0.123 e. The van der Waals surface area contributed by atoms with Crippen molar-refractivity contribution in [1.82, 2.24) is 0 Å². The van der Waals surface area contributed by atoms with Gasteiger partial charge in [0.05, 0.1) is 0 Å². The van der Waals surface area contributed by atoms with Crippen LogP contribution in [0.25, 0.3) is 11.6 Å². The van der Waals surface area contributed by atoms with Crippen LogP contribution in [-0.2, 0) is 0 Å². The van der Waals surface area contributed by atoms with Crippen LogP contribution in [0.1, 0.15) is 35.4 Å². The first-order chi connectivity index (χ1) is 9.34. The lowest BCUT2D eigenvalue weighted by molar-refractivity contribution is 0.473. The van der Waals surface area contributed by atoms with Crippen LogP contribution in [0, 0.1) is 5.92 Å². The second kappa shape index (κ2) is 3.99. The summed E-state index contributed by atoms with van der Waals surface area (Å²) >= 11 is 0. The number of fused-ring (bicyclic) bond motifs is 1. The summed E-state index contributed by atoms with van der Waals surface area (Å²) in [6, 6.07) is 16.3. The second-order valence-electron chi connectivity index (χ2n) is 5.56. The Kier molecular flexibility index (Phi) is 2.28. The standard InChI is InChI=1S/C18H16O/c19-17-8-4-3-7-15(17)16-11-13-5-1-2-6-14(13)18(16)12-9-10-12/h1-8,11-12,18-19H,9-10H2. The van der Waals surface area contributed by atoms with Gasteiger partial charge < -0.3 is 5.11 Å². The van der Waals surface area contributed by atoms with E-state index in [1.165, 1.54) is 29.5 Å². The fourth-order valence-electron chi connectivity index (χ4n) is 3.25. The molecule has 1 nitrogen and oxygen atoms in total. The van der Waals surface area contributed by atoms with Crippen molar-refractivity contribution < 1.29 is 5.11 Å². The molecular weight excluding hydrogens is 232 g/mol. The molecule has 0 bridgehead atoms. The van der Waals surface area contributed by atoms with E-state index in [9.17, 15) is 5.11 Å². The van der Waals surface area contributed by atoms with Crippen molar-refractivity contribution in [3.63, 3.8) is 0 Å².